The van der Waals surface area contributed by atoms with Gasteiger partial charge < -0.3 is 9.88 Å². The Balaban J connectivity index is 1.65. The summed E-state index contributed by atoms with van der Waals surface area (Å²) in [5.74, 6) is -0.144. The smallest absolute Gasteiger partial charge is 0.127 e. The molecule has 1 aromatic heterocycles. The fourth-order valence-electron chi connectivity index (χ4n) is 1.67. The summed E-state index contributed by atoms with van der Waals surface area (Å²) < 4.78 is 15.3. The maximum atomic E-state index is 13.3. The maximum Gasteiger partial charge on any atom is 0.127 e. The normalized spacial score (nSPS) is 10.6. The summed E-state index contributed by atoms with van der Waals surface area (Å²) >= 11 is 0. The van der Waals surface area contributed by atoms with Crippen molar-refractivity contribution in [3.05, 3.63) is 54.4 Å². The number of hydrogen-bond donors (Lipinski definition) is 1. The van der Waals surface area contributed by atoms with Crippen molar-refractivity contribution in [1.82, 2.24) is 14.9 Å². The van der Waals surface area contributed by atoms with Crippen LogP contribution in [0, 0.1) is 5.82 Å². The Bertz CT molecular complexity index is 440. The fraction of sp³-hybridized carbons (Fsp3) is 0.308. The second kappa shape index (κ2) is 6.15. The van der Waals surface area contributed by atoms with Crippen molar-refractivity contribution >= 4 is 0 Å². The summed E-state index contributed by atoms with van der Waals surface area (Å²) in [6, 6.07) is 6.85. The van der Waals surface area contributed by atoms with Crippen molar-refractivity contribution in [2.75, 3.05) is 6.54 Å². The van der Waals surface area contributed by atoms with Gasteiger partial charge in [0.05, 0.1) is 6.33 Å². The Morgan fingerprint density at radius 3 is 2.94 bits per heavy atom. The first kappa shape index (κ1) is 11.8. The van der Waals surface area contributed by atoms with Gasteiger partial charge in [0.25, 0.3) is 0 Å². The number of nitrogens with zero attached hydrogens (tertiary/aromatic N) is 2. The molecule has 17 heavy (non-hydrogen) atoms. The minimum Gasteiger partial charge on any atom is -0.337 e. The van der Waals surface area contributed by atoms with Gasteiger partial charge in [0.1, 0.15) is 5.82 Å². The van der Waals surface area contributed by atoms with E-state index < -0.39 is 0 Å². The van der Waals surface area contributed by atoms with E-state index in [0.29, 0.717) is 6.54 Å². The molecule has 2 rings (SSSR count). The monoisotopic (exact) mass is 233 g/mol. The lowest BCUT2D eigenvalue weighted by Crippen LogP contribution is -2.17. The molecule has 0 unspecified atom stereocenters. The predicted molar refractivity (Wildman–Crippen MR) is 65.0 cm³/mol. The van der Waals surface area contributed by atoms with Gasteiger partial charge in [0, 0.05) is 31.0 Å². The van der Waals surface area contributed by atoms with Crippen LogP contribution in [0.5, 0.6) is 0 Å². The van der Waals surface area contributed by atoms with Gasteiger partial charge in [-0.1, -0.05) is 18.2 Å². The van der Waals surface area contributed by atoms with Crippen LogP contribution in [-0.4, -0.2) is 16.1 Å². The second-order valence-corrected chi connectivity index (χ2v) is 3.92. The molecule has 0 atom stereocenters. The molecule has 0 aliphatic rings. The first-order valence-electron chi connectivity index (χ1n) is 5.76. The average molecular weight is 233 g/mol. The Morgan fingerprint density at radius 1 is 1.29 bits per heavy atom. The molecular weight excluding hydrogens is 217 g/mol. The molecule has 0 fully saturated rings. The highest BCUT2D eigenvalue weighted by molar-refractivity contribution is 5.16. The number of rotatable bonds is 6. The van der Waals surface area contributed by atoms with E-state index >= 15 is 0 Å². The van der Waals surface area contributed by atoms with Gasteiger partial charge in [-0.2, -0.15) is 0 Å². The standard InChI is InChI=1S/C13H16FN3/c14-13-5-2-1-4-12(13)10-15-6-3-8-17-9-7-16-11-17/h1-2,4-5,7,9,11,15H,3,6,8,10H2. The molecule has 0 aliphatic carbocycles. The molecule has 3 nitrogen and oxygen atoms in total. The van der Waals surface area contributed by atoms with Gasteiger partial charge in [-0.3, -0.25) is 0 Å². The summed E-state index contributed by atoms with van der Waals surface area (Å²) in [5, 5.41) is 3.23. The predicted octanol–water partition coefficient (Wildman–Crippen LogP) is 2.20. The molecule has 0 bridgehead atoms. The van der Waals surface area contributed by atoms with E-state index in [0.717, 1.165) is 25.1 Å². The molecule has 0 saturated heterocycles. The molecule has 2 aromatic rings. The Morgan fingerprint density at radius 2 is 2.18 bits per heavy atom. The molecule has 0 saturated carbocycles. The van der Waals surface area contributed by atoms with Crippen LogP contribution < -0.4 is 5.32 Å². The quantitative estimate of drug-likeness (QED) is 0.775. The molecule has 0 radical (unpaired) electrons. The lowest BCUT2D eigenvalue weighted by atomic mass is 10.2. The van der Waals surface area contributed by atoms with Gasteiger partial charge in [0.2, 0.25) is 0 Å². The summed E-state index contributed by atoms with van der Waals surface area (Å²) in [7, 11) is 0. The lowest BCUT2D eigenvalue weighted by molar-refractivity contribution is 0.558. The van der Waals surface area contributed by atoms with Crippen molar-refractivity contribution in [3.63, 3.8) is 0 Å². The van der Waals surface area contributed by atoms with Crippen molar-refractivity contribution < 1.29 is 4.39 Å². The van der Waals surface area contributed by atoms with Crippen LogP contribution in [-0.2, 0) is 13.1 Å². The van der Waals surface area contributed by atoms with E-state index in [-0.39, 0.29) is 5.82 Å². The third kappa shape index (κ3) is 3.67. The van der Waals surface area contributed by atoms with E-state index in [1.54, 1.807) is 24.7 Å². The Kier molecular flexibility index (Phi) is 4.27. The number of benzene rings is 1. The van der Waals surface area contributed by atoms with E-state index in [2.05, 4.69) is 10.3 Å². The number of imidazole rings is 1. The van der Waals surface area contributed by atoms with Gasteiger partial charge >= 0.3 is 0 Å². The van der Waals surface area contributed by atoms with Gasteiger partial charge in [-0.05, 0) is 19.0 Å². The largest absolute Gasteiger partial charge is 0.337 e. The molecule has 0 spiro atoms. The summed E-state index contributed by atoms with van der Waals surface area (Å²) in [6.45, 7) is 2.38. The SMILES string of the molecule is Fc1ccccc1CNCCCn1ccnc1. The van der Waals surface area contributed by atoms with Gasteiger partial charge in [-0.25, -0.2) is 9.37 Å². The van der Waals surface area contributed by atoms with E-state index in [9.17, 15) is 4.39 Å². The van der Waals surface area contributed by atoms with E-state index in [4.69, 9.17) is 0 Å². The van der Waals surface area contributed by atoms with Crippen LogP contribution in [0.15, 0.2) is 43.0 Å². The summed E-state index contributed by atoms with van der Waals surface area (Å²) in [6.07, 6.45) is 6.52. The highest BCUT2D eigenvalue weighted by Gasteiger charge is 1.98. The van der Waals surface area contributed by atoms with Crippen LogP contribution in [0.25, 0.3) is 0 Å². The van der Waals surface area contributed by atoms with Crippen LogP contribution in [0.4, 0.5) is 4.39 Å². The van der Waals surface area contributed by atoms with Gasteiger partial charge in [-0.15, -0.1) is 0 Å². The molecule has 90 valence electrons. The highest BCUT2D eigenvalue weighted by Crippen LogP contribution is 2.05. The zero-order valence-electron chi connectivity index (χ0n) is 9.64. The average Bonchev–Trinajstić information content (AvgIpc) is 2.84. The minimum absolute atomic E-state index is 0.144. The molecule has 0 aliphatic heterocycles. The van der Waals surface area contributed by atoms with E-state index in [1.807, 2.05) is 16.8 Å². The molecular formula is C13H16FN3. The van der Waals surface area contributed by atoms with E-state index in [1.165, 1.54) is 6.07 Å². The topological polar surface area (TPSA) is 29.9 Å². The van der Waals surface area contributed by atoms with Crippen LogP contribution in [0.1, 0.15) is 12.0 Å². The molecule has 0 amide bonds. The van der Waals surface area contributed by atoms with Gasteiger partial charge in [0.15, 0.2) is 0 Å². The van der Waals surface area contributed by atoms with Crippen molar-refractivity contribution in [2.24, 2.45) is 0 Å². The first-order valence-corrected chi connectivity index (χ1v) is 5.76. The molecule has 4 heteroatoms. The number of hydrogen-bond acceptors (Lipinski definition) is 2. The Hall–Kier alpha value is -1.68. The fourth-order valence-corrected chi connectivity index (χ4v) is 1.67. The molecule has 1 N–H and O–H groups in total. The van der Waals surface area contributed by atoms with Crippen molar-refractivity contribution in [2.45, 2.75) is 19.5 Å². The zero-order valence-corrected chi connectivity index (χ0v) is 9.64. The first-order chi connectivity index (χ1) is 8.36. The van der Waals surface area contributed by atoms with Crippen LogP contribution in [0.2, 0.25) is 0 Å². The molecule has 1 aromatic carbocycles. The highest BCUT2D eigenvalue weighted by atomic mass is 19.1. The minimum atomic E-state index is -0.144. The molecule has 1 heterocycles. The van der Waals surface area contributed by atoms with Crippen LogP contribution in [0.3, 0.4) is 0 Å². The number of aromatic nitrogens is 2. The van der Waals surface area contributed by atoms with Crippen molar-refractivity contribution in [3.8, 4) is 0 Å². The maximum absolute atomic E-state index is 13.3. The third-order valence-corrected chi connectivity index (χ3v) is 2.60. The van der Waals surface area contributed by atoms with Crippen LogP contribution >= 0.6 is 0 Å². The zero-order chi connectivity index (χ0) is 11.9. The second-order valence-electron chi connectivity index (χ2n) is 3.92. The summed E-state index contributed by atoms with van der Waals surface area (Å²) in [5.41, 5.74) is 0.718. The number of aryl methyl sites for hydroxylation is 1. The Labute approximate surface area is 100 Å². The third-order valence-electron chi connectivity index (χ3n) is 2.60. The lowest BCUT2D eigenvalue weighted by Gasteiger charge is -2.06. The van der Waals surface area contributed by atoms with Crippen molar-refractivity contribution in [1.29, 1.82) is 0 Å². The summed E-state index contributed by atoms with van der Waals surface area (Å²) in [4.78, 5) is 3.97. The number of nitrogens with one attached hydrogen (secondary N) is 1. The number of halogens is 1.